The summed E-state index contributed by atoms with van der Waals surface area (Å²) < 4.78 is 5.35. The van der Waals surface area contributed by atoms with Crippen molar-refractivity contribution in [3.8, 4) is 17.9 Å². The quantitative estimate of drug-likeness (QED) is 0.646. The number of nitrogens with one attached hydrogen (secondary N) is 1. The molecular formula is C19H14ClN3O2. The second kappa shape index (κ2) is 8.54. The van der Waals surface area contributed by atoms with Gasteiger partial charge >= 0.3 is 0 Å². The van der Waals surface area contributed by atoms with Crippen LogP contribution in [0.5, 0.6) is 5.75 Å². The Kier molecular flexibility index (Phi) is 6.17. The summed E-state index contributed by atoms with van der Waals surface area (Å²) in [5.74, 6) is -0.0146. The Morgan fingerprint density at radius 1 is 1.20 bits per heavy atom. The molecule has 0 saturated heterocycles. The van der Waals surface area contributed by atoms with Gasteiger partial charge in [0.15, 0.2) is 6.10 Å². The van der Waals surface area contributed by atoms with Crippen LogP contribution in [0.3, 0.4) is 0 Å². The summed E-state index contributed by atoms with van der Waals surface area (Å²) in [4.78, 5) is 12.2. The number of halogens is 1. The van der Waals surface area contributed by atoms with Crippen LogP contribution in [-0.2, 0) is 4.79 Å². The van der Waals surface area contributed by atoms with Crippen molar-refractivity contribution in [3.63, 3.8) is 0 Å². The van der Waals surface area contributed by atoms with Crippen molar-refractivity contribution < 1.29 is 9.53 Å². The van der Waals surface area contributed by atoms with Gasteiger partial charge in [0.05, 0.1) is 10.7 Å². The zero-order chi connectivity index (χ0) is 18.2. The molecule has 1 amide bonds. The van der Waals surface area contributed by atoms with E-state index in [0.717, 1.165) is 0 Å². The minimum Gasteiger partial charge on any atom is -0.476 e. The maximum Gasteiger partial charge on any atom is 0.266 e. The van der Waals surface area contributed by atoms with Crippen LogP contribution in [0.15, 0.2) is 54.1 Å². The van der Waals surface area contributed by atoms with Crippen molar-refractivity contribution >= 4 is 29.3 Å². The maximum atomic E-state index is 12.2. The number of amides is 1. The number of anilines is 1. The molecule has 0 aromatic heterocycles. The van der Waals surface area contributed by atoms with E-state index in [1.165, 1.54) is 6.08 Å². The average Bonchev–Trinajstić information content (AvgIpc) is 2.62. The lowest BCUT2D eigenvalue weighted by molar-refractivity contribution is -0.112. The van der Waals surface area contributed by atoms with Gasteiger partial charge in [0.25, 0.3) is 5.91 Å². The van der Waals surface area contributed by atoms with Gasteiger partial charge in [0.1, 0.15) is 23.5 Å². The van der Waals surface area contributed by atoms with Gasteiger partial charge < -0.3 is 10.1 Å². The standard InChI is InChI=1S/C19H14ClN3O2/c1-13(11-21)25-16-8-6-14(7-9-16)10-15(12-22)19(24)23-18-5-3-2-4-17(18)20/h2-10,13H,1H3,(H,23,24)/b15-10+/t13-/m1/s1. The first kappa shape index (κ1) is 18.1. The Hall–Kier alpha value is -3.28. The van der Waals surface area contributed by atoms with Gasteiger partial charge in [-0.3, -0.25) is 4.79 Å². The Morgan fingerprint density at radius 3 is 2.48 bits per heavy atom. The van der Waals surface area contributed by atoms with Crippen LogP contribution in [0.4, 0.5) is 5.69 Å². The van der Waals surface area contributed by atoms with Crippen LogP contribution in [0, 0.1) is 22.7 Å². The van der Waals surface area contributed by atoms with Gasteiger partial charge in [-0.15, -0.1) is 0 Å². The third-order valence-corrected chi connectivity index (χ3v) is 3.50. The van der Waals surface area contributed by atoms with E-state index < -0.39 is 12.0 Å². The molecule has 2 rings (SSSR count). The van der Waals surface area contributed by atoms with Gasteiger partial charge in [-0.2, -0.15) is 10.5 Å². The highest BCUT2D eigenvalue weighted by Crippen LogP contribution is 2.21. The lowest BCUT2D eigenvalue weighted by Gasteiger charge is -2.08. The number of rotatable bonds is 5. The zero-order valence-corrected chi connectivity index (χ0v) is 14.1. The number of hydrogen-bond donors (Lipinski definition) is 1. The summed E-state index contributed by atoms with van der Waals surface area (Å²) in [5, 5.41) is 21.0. The van der Waals surface area contributed by atoms with Crippen molar-refractivity contribution in [3.05, 3.63) is 64.7 Å². The molecule has 0 aliphatic heterocycles. The van der Waals surface area contributed by atoms with E-state index in [-0.39, 0.29) is 5.57 Å². The lowest BCUT2D eigenvalue weighted by atomic mass is 10.1. The van der Waals surface area contributed by atoms with Gasteiger partial charge in [0.2, 0.25) is 0 Å². The Bertz CT molecular complexity index is 877. The van der Waals surface area contributed by atoms with E-state index in [2.05, 4.69) is 5.32 Å². The summed E-state index contributed by atoms with van der Waals surface area (Å²) in [6, 6.07) is 17.3. The number of ether oxygens (including phenoxy) is 1. The summed E-state index contributed by atoms with van der Waals surface area (Å²) >= 11 is 5.99. The predicted octanol–water partition coefficient (Wildman–Crippen LogP) is 4.18. The fourth-order valence-corrected chi connectivity index (χ4v) is 2.12. The average molecular weight is 352 g/mol. The number of nitrogens with zero attached hydrogens (tertiary/aromatic N) is 2. The highest BCUT2D eigenvalue weighted by Gasteiger charge is 2.11. The van der Waals surface area contributed by atoms with Crippen LogP contribution in [0.2, 0.25) is 5.02 Å². The minimum atomic E-state index is -0.558. The maximum absolute atomic E-state index is 12.2. The first-order chi connectivity index (χ1) is 12.0. The van der Waals surface area contributed by atoms with Gasteiger partial charge in [-0.1, -0.05) is 35.9 Å². The van der Waals surface area contributed by atoms with Crippen LogP contribution in [0.25, 0.3) is 6.08 Å². The highest BCUT2D eigenvalue weighted by atomic mass is 35.5. The fraction of sp³-hybridized carbons (Fsp3) is 0.105. The molecule has 0 radical (unpaired) electrons. The number of carbonyl (C=O) groups is 1. The lowest BCUT2D eigenvalue weighted by Crippen LogP contribution is -2.13. The van der Waals surface area contributed by atoms with Crippen molar-refractivity contribution in [1.82, 2.24) is 0 Å². The highest BCUT2D eigenvalue weighted by molar-refractivity contribution is 6.34. The summed E-state index contributed by atoms with van der Waals surface area (Å²) in [7, 11) is 0. The Labute approximate surface area is 150 Å². The molecule has 6 heteroatoms. The fourth-order valence-electron chi connectivity index (χ4n) is 1.94. The SMILES string of the molecule is C[C@H](C#N)Oc1ccc(/C=C(\C#N)C(=O)Nc2ccccc2Cl)cc1. The summed E-state index contributed by atoms with van der Waals surface area (Å²) in [5.41, 5.74) is 1.03. The molecule has 0 unspecified atom stereocenters. The zero-order valence-electron chi connectivity index (χ0n) is 13.4. The molecule has 0 saturated carbocycles. The molecule has 1 N–H and O–H groups in total. The second-order valence-corrected chi connectivity index (χ2v) is 5.47. The third-order valence-electron chi connectivity index (χ3n) is 3.17. The van der Waals surface area contributed by atoms with Gasteiger partial charge in [0, 0.05) is 0 Å². The van der Waals surface area contributed by atoms with Crippen molar-refractivity contribution in [1.29, 1.82) is 10.5 Å². The topological polar surface area (TPSA) is 85.9 Å². The van der Waals surface area contributed by atoms with Gasteiger partial charge in [-0.25, -0.2) is 0 Å². The first-order valence-electron chi connectivity index (χ1n) is 7.37. The third kappa shape index (κ3) is 5.10. The van der Waals surface area contributed by atoms with Crippen LogP contribution >= 0.6 is 11.6 Å². The predicted molar refractivity (Wildman–Crippen MR) is 95.8 cm³/mol. The summed E-state index contributed by atoms with van der Waals surface area (Å²) in [6.07, 6.45) is 0.904. The van der Waals surface area contributed by atoms with Crippen LogP contribution < -0.4 is 10.1 Å². The number of para-hydroxylation sites is 1. The van der Waals surface area contributed by atoms with Crippen LogP contribution in [0.1, 0.15) is 12.5 Å². The Balaban J connectivity index is 2.14. The molecule has 1 atom stereocenters. The normalized spacial score (nSPS) is 11.8. The van der Waals surface area contributed by atoms with Crippen molar-refractivity contribution in [2.24, 2.45) is 0 Å². The molecule has 5 nitrogen and oxygen atoms in total. The molecular weight excluding hydrogens is 338 g/mol. The Morgan fingerprint density at radius 2 is 1.88 bits per heavy atom. The first-order valence-corrected chi connectivity index (χ1v) is 7.75. The molecule has 0 bridgehead atoms. The molecule has 0 spiro atoms. The van der Waals surface area contributed by atoms with Crippen molar-refractivity contribution in [2.45, 2.75) is 13.0 Å². The minimum absolute atomic E-state index is 0.0565. The van der Waals surface area contributed by atoms with Gasteiger partial charge in [-0.05, 0) is 42.8 Å². The largest absolute Gasteiger partial charge is 0.476 e. The molecule has 0 aliphatic rings. The van der Waals surface area contributed by atoms with E-state index in [1.807, 2.05) is 12.1 Å². The molecule has 0 aliphatic carbocycles. The second-order valence-electron chi connectivity index (χ2n) is 5.06. The molecule has 2 aromatic rings. The van der Waals surface area contributed by atoms with E-state index in [1.54, 1.807) is 55.5 Å². The number of nitriles is 2. The van der Waals surface area contributed by atoms with E-state index in [9.17, 15) is 10.1 Å². The van der Waals surface area contributed by atoms with Crippen molar-refractivity contribution in [2.75, 3.05) is 5.32 Å². The monoisotopic (exact) mass is 351 g/mol. The van der Waals surface area contributed by atoms with E-state index in [4.69, 9.17) is 21.6 Å². The summed E-state index contributed by atoms with van der Waals surface area (Å²) in [6.45, 7) is 1.64. The molecule has 25 heavy (non-hydrogen) atoms. The molecule has 2 aromatic carbocycles. The number of hydrogen-bond acceptors (Lipinski definition) is 4. The van der Waals surface area contributed by atoms with Crippen LogP contribution in [-0.4, -0.2) is 12.0 Å². The molecule has 0 heterocycles. The molecule has 0 fully saturated rings. The van der Waals surface area contributed by atoms with E-state index in [0.29, 0.717) is 22.0 Å². The molecule has 124 valence electrons. The number of carbonyl (C=O) groups excluding carboxylic acids is 1. The number of benzene rings is 2. The van der Waals surface area contributed by atoms with E-state index >= 15 is 0 Å². The smallest absolute Gasteiger partial charge is 0.266 e.